The lowest BCUT2D eigenvalue weighted by molar-refractivity contribution is 0.169. The van der Waals surface area contributed by atoms with Crippen LogP contribution in [0.15, 0.2) is 18.2 Å². The lowest BCUT2D eigenvalue weighted by Crippen LogP contribution is -2.40. The second-order valence-corrected chi connectivity index (χ2v) is 5.41. The Morgan fingerprint density at radius 3 is 2.90 bits per heavy atom. The van der Waals surface area contributed by atoms with Crippen LogP contribution in [-0.2, 0) is 0 Å². The Labute approximate surface area is 121 Å². The highest BCUT2D eigenvalue weighted by atomic mass is 16.5. The van der Waals surface area contributed by atoms with Gasteiger partial charge in [-0.15, -0.1) is 0 Å². The number of fused-ring (bicyclic) bond motifs is 1. The van der Waals surface area contributed by atoms with Crippen LogP contribution in [0, 0.1) is 0 Å². The summed E-state index contributed by atoms with van der Waals surface area (Å²) in [6.45, 7) is 6.77. The first kappa shape index (κ1) is 15.1. The van der Waals surface area contributed by atoms with Crippen molar-refractivity contribution in [2.45, 2.75) is 45.3 Å². The number of hydrogen-bond acceptors (Lipinski definition) is 4. The summed E-state index contributed by atoms with van der Waals surface area (Å²) < 4.78 is 6.00. The molecule has 1 aromatic rings. The molecule has 0 saturated heterocycles. The van der Waals surface area contributed by atoms with Crippen molar-refractivity contribution in [2.24, 2.45) is 5.73 Å². The van der Waals surface area contributed by atoms with E-state index >= 15 is 0 Å². The first-order valence-corrected chi connectivity index (χ1v) is 7.63. The molecule has 4 heteroatoms. The molecule has 2 rings (SSSR count). The van der Waals surface area contributed by atoms with Crippen molar-refractivity contribution in [2.75, 3.05) is 24.5 Å². The maximum Gasteiger partial charge on any atom is 0.143 e. The Kier molecular flexibility index (Phi) is 5.26. The summed E-state index contributed by atoms with van der Waals surface area (Å²) in [6.07, 6.45) is 2.47. The van der Waals surface area contributed by atoms with Crippen molar-refractivity contribution in [3.63, 3.8) is 0 Å². The number of aliphatic hydroxyl groups is 1. The number of aliphatic hydroxyl groups excluding tert-OH is 1. The molecular weight excluding hydrogens is 252 g/mol. The van der Waals surface area contributed by atoms with Gasteiger partial charge in [-0.25, -0.2) is 0 Å². The van der Waals surface area contributed by atoms with Crippen LogP contribution in [0.4, 0.5) is 5.69 Å². The molecule has 0 amide bonds. The van der Waals surface area contributed by atoms with E-state index in [0.717, 1.165) is 42.9 Å². The highest BCUT2D eigenvalue weighted by molar-refractivity contribution is 5.62. The van der Waals surface area contributed by atoms with Crippen molar-refractivity contribution < 1.29 is 9.84 Å². The number of ether oxygens (including phenoxy) is 1. The van der Waals surface area contributed by atoms with Crippen molar-refractivity contribution in [3.05, 3.63) is 23.8 Å². The molecule has 0 radical (unpaired) electrons. The van der Waals surface area contributed by atoms with Gasteiger partial charge in [0.1, 0.15) is 11.9 Å². The van der Waals surface area contributed by atoms with E-state index in [9.17, 15) is 5.11 Å². The van der Waals surface area contributed by atoms with Gasteiger partial charge in [0.15, 0.2) is 0 Å². The molecule has 0 aliphatic carbocycles. The molecule has 1 aliphatic heterocycles. The number of rotatable bonds is 6. The van der Waals surface area contributed by atoms with Gasteiger partial charge in [0, 0.05) is 6.54 Å². The Morgan fingerprint density at radius 2 is 2.25 bits per heavy atom. The summed E-state index contributed by atoms with van der Waals surface area (Å²) in [5.41, 5.74) is 7.55. The third-order valence-electron chi connectivity index (χ3n) is 3.82. The Morgan fingerprint density at radius 1 is 1.45 bits per heavy atom. The van der Waals surface area contributed by atoms with Crippen LogP contribution in [0.1, 0.15) is 44.8 Å². The second kappa shape index (κ2) is 6.95. The monoisotopic (exact) mass is 278 g/mol. The second-order valence-electron chi connectivity index (χ2n) is 5.41. The molecule has 3 N–H and O–H groups in total. The predicted octanol–water partition coefficient (Wildman–Crippen LogP) is 2.46. The van der Waals surface area contributed by atoms with Gasteiger partial charge < -0.3 is 20.5 Å². The maximum atomic E-state index is 10.1. The number of nitrogens with two attached hydrogens (primary N) is 1. The molecule has 2 atom stereocenters. The quantitative estimate of drug-likeness (QED) is 0.839. The summed E-state index contributed by atoms with van der Waals surface area (Å²) in [5, 5.41) is 10.1. The van der Waals surface area contributed by atoms with Gasteiger partial charge in [0.05, 0.1) is 18.3 Å². The van der Waals surface area contributed by atoms with Crippen LogP contribution in [0.3, 0.4) is 0 Å². The third kappa shape index (κ3) is 3.25. The van der Waals surface area contributed by atoms with Crippen LogP contribution in [0.2, 0.25) is 0 Å². The van der Waals surface area contributed by atoms with Gasteiger partial charge >= 0.3 is 0 Å². The van der Waals surface area contributed by atoms with E-state index in [-0.39, 0.29) is 6.10 Å². The van der Waals surface area contributed by atoms with E-state index in [1.165, 1.54) is 0 Å². The lowest BCUT2D eigenvalue weighted by atomic mass is 10.0. The van der Waals surface area contributed by atoms with Crippen LogP contribution in [-0.4, -0.2) is 30.8 Å². The van der Waals surface area contributed by atoms with Gasteiger partial charge in [0.25, 0.3) is 0 Å². The van der Waals surface area contributed by atoms with Gasteiger partial charge in [-0.1, -0.05) is 19.9 Å². The number of nitrogens with zero attached hydrogens (tertiary/aromatic N) is 1. The first-order chi connectivity index (χ1) is 9.69. The minimum atomic E-state index is -0.488. The molecule has 1 aromatic carbocycles. The SMILES string of the molecule is CCCN1CC(CC)Oc2ccc(C(O)CCN)cc21. The van der Waals surface area contributed by atoms with E-state index in [1.807, 2.05) is 12.1 Å². The van der Waals surface area contributed by atoms with Crippen molar-refractivity contribution in [3.8, 4) is 5.75 Å². The Balaban J connectivity index is 2.27. The van der Waals surface area contributed by atoms with Crippen LogP contribution < -0.4 is 15.4 Å². The summed E-state index contributed by atoms with van der Waals surface area (Å²) >= 11 is 0. The molecule has 0 bridgehead atoms. The van der Waals surface area contributed by atoms with Crippen molar-refractivity contribution >= 4 is 5.69 Å². The summed E-state index contributed by atoms with van der Waals surface area (Å²) in [4.78, 5) is 2.37. The summed E-state index contributed by atoms with van der Waals surface area (Å²) in [5.74, 6) is 0.931. The third-order valence-corrected chi connectivity index (χ3v) is 3.82. The standard InChI is InChI=1S/C16H26N2O2/c1-3-9-18-11-13(4-2)20-16-6-5-12(10-14(16)18)15(19)7-8-17/h5-6,10,13,15,19H,3-4,7-9,11,17H2,1-2H3. The zero-order valence-electron chi connectivity index (χ0n) is 12.5. The fourth-order valence-corrected chi connectivity index (χ4v) is 2.67. The molecular formula is C16H26N2O2. The fourth-order valence-electron chi connectivity index (χ4n) is 2.67. The highest BCUT2D eigenvalue weighted by Crippen LogP contribution is 2.36. The molecule has 1 aliphatic rings. The first-order valence-electron chi connectivity index (χ1n) is 7.63. The normalized spacial score (nSPS) is 19.4. The predicted molar refractivity (Wildman–Crippen MR) is 82.3 cm³/mol. The van der Waals surface area contributed by atoms with Crippen LogP contribution in [0.25, 0.3) is 0 Å². The van der Waals surface area contributed by atoms with Crippen molar-refractivity contribution in [1.82, 2.24) is 0 Å². The molecule has 4 nitrogen and oxygen atoms in total. The lowest BCUT2D eigenvalue weighted by Gasteiger charge is -2.36. The minimum Gasteiger partial charge on any atom is -0.486 e. The maximum absolute atomic E-state index is 10.1. The molecule has 0 saturated carbocycles. The minimum absolute atomic E-state index is 0.258. The van der Waals surface area contributed by atoms with E-state index in [4.69, 9.17) is 10.5 Å². The van der Waals surface area contributed by atoms with Crippen molar-refractivity contribution in [1.29, 1.82) is 0 Å². The van der Waals surface area contributed by atoms with Gasteiger partial charge in [-0.05, 0) is 43.5 Å². The Bertz CT molecular complexity index is 436. The largest absolute Gasteiger partial charge is 0.486 e. The number of hydrogen-bond donors (Lipinski definition) is 2. The molecule has 0 spiro atoms. The zero-order chi connectivity index (χ0) is 14.5. The molecule has 20 heavy (non-hydrogen) atoms. The van der Waals surface area contributed by atoms with E-state index in [0.29, 0.717) is 13.0 Å². The smallest absolute Gasteiger partial charge is 0.143 e. The highest BCUT2D eigenvalue weighted by Gasteiger charge is 2.25. The molecule has 0 aromatic heterocycles. The van der Waals surface area contributed by atoms with Gasteiger partial charge in [-0.2, -0.15) is 0 Å². The van der Waals surface area contributed by atoms with Crippen LogP contribution in [0.5, 0.6) is 5.75 Å². The van der Waals surface area contributed by atoms with E-state index in [2.05, 4.69) is 24.8 Å². The molecule has 112 valence electrons. The van der Waals surface area contributed by atoms with E-state index < -0.39 is 6.10 Å². The van der Waals surface area contributed by atoms with Crippen LogP contribution >= 0.6 is 0 Å². The Hall–Kier alpha value is -1.26. The number of benzene rings is 1. The molecule has 1 heterocycles. The van der Waals surface area contributed by atoms with Gasteiger partial charge in [0.2, 0.25) is 0 Å². The summed E-state index contributed by atoms with van der Waals surface area (Å²) in [6, 6.07) is 5.98. The number of anilines is 1. The average molecular weight is 278 g/mol. The zero-order valence-corrected chi connectivity index (χ0v) is 12.5. The topological polar surface area (TPSA) is 58.7 Å². The molecule has 2 unspecified atom stereocenters. The average Bonchev–Trinajstić information content (AvgIpc) is 2.47. The fraction of sp³-hybridized carbons (Fsp3) is 0.625. The van der Waals surface area contributed by atoms with E-state index in [1.54, 1.807) is 0 Å². The van der Waals surface area contributed by atoms with Gasteiger partial charge in [-0.3, -0.25) is 0 Å². The molecule has 0 fully saturated rings. The summed E-state index contributed by atoms with van der Waals surface area (Å²) in [7, 11) is 0.